The summed E-state index contributed by atoms with van der Waals surface area (Å²) in [6, 6.07) is 9.61. The SMILES string of the molecule is COc1ccc2oc(C(C)NC(=O)N(C)Cc3ccc(OC)c(F)c3)c(C)c2c1. The largest absolute Gasteiger partial charge is 0.497 e. The molecule has 0 fully saturated rings. The highest BCUT2D eigenvalue weighted by Gasteiger charge is 2.20. The van der Waals surface area contributed by atoms with Crippen molar-refractivity contribution in [2.24, 2.45) is 0 Å². The summed E-state index contributed by atoms with van der Waals surface area (Å²) in [5, 5.41) is 3.87. The number of furan rings is 1. The lowest BCUT2D eigenvalue weighted by atomic mass is 10.1. The number of amides is 2. The average Bonchev–Trinajstić information content (AvgIpc) is 3.04. The molecule has 2 amide bonds. The minimum atomic E-state index is -0.458. The van der Waals surface area contributed by atoms with Crippen molar-refractivity contribution in [3.63, 3.8) is 0 Å². The van der Waals surface area contributed by atoms with Crippen LogP contribution >= 0.6 is 0 Å². The summed E-state index contributed by atoms with van der Waals surface area (Å²) in [6.07, 6.45) is 0. The van der Waals surface area contributed by atoms with Gasteiger partial charge in [-0.25, -0.2) is 9.18 Å². The van der Waals surface area contributed by atoms with E-state index < -0.39 is 5.82 Å². The summed E-state index contributed by atoms with van der Waals surface area (Å²) in [5.74, 6) is 1.15. The maximum absolute atomic E-state index is 13.9. The van der Waals surface area contributed by atoms with Crippen LogP contribution in [0.3, 0.4) is 0 Å². The van der Waals surface area contributed by atoms with Crippen molar-refractivity contribution in [2.75, 3.05) is 21.3 Å². The Hall–Kier alpha value is -3.22. The Bertz CT molecular complexity index is 1030. The number of hydrogen-bond donors (Lipinski definition) is 1. The fraction of sp³-hybridized carbons (Fsp3) is 0.318. The third-order valence-corrected chi connectivity index (χ3v) is 4.90. The van der Waals surface area contributed by atoms with E-state index in [-0.39, 0.29) is 24.4 Å². The third kappa shape index (κ3) is 4.29. The molecular formula is C22H25FN2O4. The molecule has 0 radical (unpaired) electrons. The van der Waals surface area contributed by atoms with Gasteiger partial charge in [0.25, 0.3) is 0 Å². The summed E-state index contributed by atoms with van der Waals surface area (Å²) >= 11 is 0. The Balaban J connectivity index is 1.70. The number of carbonyl (C=O) groups excluding carboxylic acids is 1. The van der Waals surface area contributed by atoms with Crippen molar-refractivity contribution >= 4 is 17.0 Å². The fourth-order valence-corrected chi connectivity index (χ4v) is 3.27. The summed E-state index contributed by atoms with van der Waals surface area (Å²) in [5.41, 5.74) is 2.36. The maximum atomic E-state index is 13.9. The number of methoxy groups -OCH3 is 2. The van der Waals surface area contributed by atoms with Crippen LogP contribution in [-0.4, -0.2) is 32.2 Å². The maximum Gasteiger partial charge on any atom is 0.318 e. The molecule has 2 aromatic carbocycles. The molecule has 0 spiro atoms. The van der Waals surface area contributed by atoms with Crippen LogP contribution in [-0.2, 0) is 6.54 Å². The minimum Gasteiger partial charge on any atom is -0.497 e. The Morgan fingerprint density at radius 2 is 1.97 bits per heavy atom. The molecule has 0 aliphatic carbocycles. The molecule has 1 N–H and O–H groups in total. The molecule has 0 aliphatic heterocycles. The van der Waals surface area contributed by atoms with Gasteiger partial charge in [-0.2, -0.15) is 0 Å². The quantitative estimate of drug-likeness (QED) is 0.646. The lowest BCUT2D eigenvalue weighted by Gasteiger charge is -2.21. The number of rotatable bonds is 6. The number of nitrogens with one attached hydrogen (secondary N) is 1. The smallest absolute Gasteiger partial charge is 0.318 e. The molecule has 1 atom stereocenters. The van der Waals surface area contributed by atoms with E-state index in [1.54, 1.807) is 26.3 Å². The molecular weight excluding hydrogens is 375 g/mol. The van der Waals surface area contributed by atoms with E-state index in [1.807, 2.05) is 32.0 Å². The van der Waals surface area contributed by atoms with Crippen LogP contribution in [0.25, 0.3) is 11.0 Å². The van der Waals surface area contributed by atoms with Crippen molar-refractivity contribution in [2.45, 2.75) is 26.4 Å². The van der Waals surface area contributed by atoms with Crippen molar-refractivity contribution in [1.82, 2.24) is 10.2 Å². The second-order valence-corrected chi connectivity index (χ2v) is 6.95. The molecule has 0 saturated carbocycles. The van der Waals surface area contributed by atoms with Crippen LogP contribution in [0.4, 0.5) is 9.18 Å². The Kier molecular flexibility index (Phi) is 5.96. The predicted octanol–water partition coefficient (Wildman–Crippen LogP) is 4.80. The monoisotopic (exact) mass is 400 g/mol. The molecule has 3 rings (SSSR count). The first-order valence-corrected chi connectivity index (χ1v) is 9.25. The van der Waals surface area contributed by atoms with Crippen LogP contribution < -0.4 is 14.8 Å². The van der Waals surface area contributed by atoms with Gasteiger partial charge >= 0.3 is 6.03 Å². The number of carbonyl (C=O) groups is 1. The highest BCUT2D eigenvalue weighted by molar-refractivity contribution is 5.84. The molecule has 7 heteroatoms. The Morgan fingerprint density at radius 3 is 2.62 bits per heavy atom. The van der Waals surface area contributed by atoms with Crippen molar-refractivity contribution in [1.29, 1.82) is 0 Å². The van der Waals surface area contributed by atoms with Crippen LogP contribution in [0.1, 0.15) is 29.9 Å². The lowest BCUT2D eigenvalue weighted by molar-refractivity contribution is 0.202. The molecule has 1 aromatic heterocycles. The number of benzene rings is 2. The van der Waals surface area contributed by atoms with E-state index in [4.69, 9.17) is 13.9 Å². The van der Waals surface area contributed by atoms with Gasteiger partial charge in [-0.15, -0.1) is 0 Å². The molecule has 1 heterocycles. The van der Waals surface area contributed by atoms with Gasteiger partial charge in [0.15, 0.2) is 11.6 Å². The molecule has 3 aromatic rings. The fourth-order valence-electron chi connectivity index (χ4n) is 3.27. The summed E-state index contributed by atoms with van der Waals surface area (Å²) in [4.78, 5) is 14.1. The Morgan fingerprint density at radius 1 is 1.21 bits per heavy atom. The summed E-state index contributed by atoms with van der Waals surface area (Å²) < 4.78 is 30.0. The van der Waals surface area contributed by atoms with E-state index in [1.165, 1.54) is 18.1 Å². The van der Waals surface area contributed by atoms with E-state index in [0.717, 1.165) is 22.3 Å². The van der Waals surface area contributed by atoms with Gasteiger partial charge in [0.2, 0.25) is 0 Å². The second-order valence-electron chi connectivity index (χ2n) is 6.95. The number of nitrogens with zero attached hydrogens (tertiary/aromatic N) is 1. The van der Waals surface area contributed by atoms with Gasteiger partial charge in [0, 0.05) is 24.5 Å². The van der Waals surface area contributed by atoms with Crippen molar-refractivity contribution in [3.8, 4) is 11.5 Å². The van der Waals surface area contributed by atoms with Gasteiger partial charge in [-0.1, -0.05) is 6.07 Å². The van der Waals surface area contributed by atoms with Crippen LogP contribution in [0, 0.1) is 12.7 Å². The zero-order chi connectivity index (χ0) is 21.1. The topological polar surface area (TPSA) is 63.9 Å². The molecule has 0 aliphatic rings. The molecule has 6 nitrogen and oxygen atoms in total. The predicted molar refractivity (Wildman–Crippen MR) is 109 cm³/mol. The highest BCUT2D eigenvalue weighted by Crippen LogP contribution is 2.32. The van der Waals surface area contributed by atoms with Gasteiger partial charge < -0.3 is 24.1 Å². The third-order valence-electron chi connectivity index (χ3n) is 4.90. The number of hydrogen-bond acceptors (Lipinski definition) is 4. The minimum absolute atomic E-state index is 0.173. The van der Waals surface area contributed by atoms with Crippen LogP contribution in [0.2, 0.25) is 0 Å². The first kappa shape index (κ1) is 20.5. The van der Waals surface area contributed by atoms with Crippen molar-refractivity contribution in [3.05, 3.63) is 59.1 Å². The first-order valence-electron chi connectivity index (χ1n) is 9.25. The van der Waals surface area contributed by atoms with Gasteiger partial charge in [-0.3, -0.25) is 0 Å². The molecule has 1 unspecified atom stereocenters. The molecule has 0 saturated heterocycles. The van der Waals surface area contributed by atoms with Crippen LogP contribution in [0.15, 0.2) is 40.8 Å². The number of aryl methyl sites for hydroxylation is 1. The van der Waals surface area contributed by atoms with Crippen LogP contribution in [0.5, 0.6) is 11.5 Å². The first-order chi connectivity index (χ1) is 13.8. The lowest BCUT2D eigenvalue weighted by Crippen LogP contribution is -2.38. The highest BCUT2D eigenvalue weighted by atomic mass is 19.1. The Labute approximate surface area is 169 Å². The van der Waals surface area contributed by atoms with E-state index in [2.05, 4.69) is 5.32 Å². The van der Waals surface area contributed by atoms with E-state index >= 15 is 0 Å². The van der Waals surface area contributed by atoms with Crippen molar-refractivity contribution < 1.29 is 23.1 Å². The van der Waals surface area contributed by atoms with Gasteiger partial charge in [-0.05, 0) is 49.7 Å². The standard InChI is InChI=1S/C22H25FN2O4/c1-13-17-11-16(27-4)7-9-19(17)29-21(13)14(2)24-22(26)25(3)12-15-6-8-20(28-5)18(23)10-15/h6-11,14H,12H2,1-5H3,(H,24,26). The van der Waals surface area contributed by atoms with E-state index in [0.29, 0.717) is 11.3 Å². The summed E-state index contributed by atoms with van der Waals surface area (Å²) in [6.45, 7) is 4.07. The van der Waals surface area contributed by atoms with Gasteiger partial charge in [0.1, 0.15) is 17.1 Å². The summed E-state index contributed by atoms with van der Waals surface area (Å²) in [7, 11) is 4.68. The second kappa shape index (κ2) is 8.43. The molecule has 29 heavy (non-hydrogen) atoms. The zero-order valence-corrected chi connectivity index (χ0v) is 17.2. The normalized spacial score (nSPS) is 11.9. The molecule has 0 bridgehead atoms. The number of ether oxygens (including phenoxy) is 2. The van der Waals surface area contributed by atoms with Gasteiger partial charge in [0.05, 0.1) is 20.3 Å². The number of halogens is 1. The zero-order valence-electron chi connectivity index (χ0n) is 17.2. The van der Waals surface area contributed by atoms with E-state index in [9.17, 15) is 9.18 Å². The average molecular weight is 400 g/mol. The number of fused-ring (bicyclic) bond motifs is 1. The number of urea groups is 1. The molecule has 154 valence electrons.